The number of halogens is 3. The van der Waals surface area contributed by atoms with Crippen LogP contribution in [0.2, 0.25) is 0 Å². The van der Waals surface area contributed by atoms with Crippen molar-refractivity contribution in [3.8, 4) is 0 Å². The van der Waals surface area contributed by atoms with Crippen LogP contribution in [0.25, 0.3) is 0 Å². The molecule has 2 N–H and O–H groups in total. The second-order valence-electron chi connectivity index (χ2n) is 5.56. The van der Waals surface area contributed by atoms with Crippen LogP contribution in [-0.4, -0.2) is 38.0 Å². The fraction of sp³-hybridized carbons (Fsp3) is 0.250. The lowest BCUT2D eigenvalue weighted by molar-refractivity contribution is -0.137. The van der Waals surface area contributed by atoms with Crippen LogP contribution in [0.5, 0.6) is 0 Å². The van der Waals surface area contributed by atoms with Gasteiger partial charge in [-0.25, -0.2) is 0 Å². The number of carbonyl (C=O) groups is 2. The highest BCUT2D eigenvalue weighted by Crippen LogP contribution is 2.32. The molecule has 0 bridgehead atoms. The number of nitrogens with one attached hydrogen (secondary N) is 2. The molecule has 0 aliphatic heterocycles. The summed E-state index contributed by atoms with van der Waals surface area (Å²) in [7, 11) is 0. The third kappa shape index (κ3) is 5.73. The second-order valence-corrected chi connectivity index (χ2v) is 8.82. The zero-order valence-corrected chi connectivity index (χ0v) is 17.6. The highest BCUT2D eigenvalue weighted by Gasteiger charge is 2.35. The molecule has 2 aromatic heterocycles. The van der Waals surface area contributed by atoms with Gasteiger partial charge in [0.2, 0.25) is 16.2 Å². The van der Waals surface area contributed by atoms with Gasteiger partial charge in [-0.15, -0.1) is 20.4 Å². The number of rotatable bonds is 7. The van der Waals surface area contributed by atoms with Gasteiger partial charge < -0.3 is 0 Å². The number of anilines is 2. The van der Waals surface area contributed by atoms with Gasteiger partial charge in [-0.05, 0) is 18.6 Å². The SMILES string of the molecule is CCc1nnc(NC(=O)CSc2nnc(NC(=O)c3ccccc3C(F)(F)F)s2)s1. The van der Waals surface area contributed by atoms with E-state index in [9.17, 15) is 22.8 Å². The number of amides is 2. The van der Waals surface area contributed by atoms with Crippen molar-refractivity contribution in [3.05, 3.63) is 40.4 Å². The summed E-state index contributed by atoms with van der Waals surface area (Å²) in [5.74, 6) is -1.25. The highest BCUT2D eigenvalue weighted by molar-refractivity contribution is 8.01. The highest BCUT2D eigenvalue weighted by atomic mass is 32.2. The van der Waals surface area contributed by atoms with Crippen molar-refractivity contribution in [3.63, 3.8) is 0 Å². The Balaban J connectivity index is 1.56. The minimum atomic E-state index is -4.66. The van der Waals surface area contributed by atoms with Crippen LogP contribution in [0.1, 0.15) is 27.9 Å². The first-order valence-electron chi connectivity index (χ1n) is 8.32. The van der Waals surface area contributed by atoms with Gasteiger partial charge in [-0.1, -0.05) is 53.5 Å². The van der Waals surface area contributed by atoms with Crippen molar-refractivity contribution in [1.29, 1.82) is 0 Å². The molecule has 2 heterocycles. The van der Waals surface area contributed by atoms with E-state index in [1.165, 1.54) is 23.5 Å². The Kier molecular flexibility index (Phi) is 6.99. The van der Waals surface area contributed by atoms with Crippen molar-refractivity contribution in [2.45, 2.75) is 23.9 Å². The summed E-state index contributed by atoms with van der Waals surface area (Å²) < 4.78 is 39.5. The van der Waals surface area contributed by atoms with Crippen molar-refractivity contribution in [2.75, 3.05) is 16.4 Å². The molecule has 0 atom stereocenters. The van der Waals surface area contributed by atoms with Gasteiger partial charge in [0.15, 0.2) is 4.34 Å². The molecule has 14 heteroatoms. The zero-order valence-electron chi connectivity index (χ0n) is 15.2. The number of aromatic nitrogens is 4. The maximum Gasteiger partial charge on any atom is 0.417 e. The summed E-state index contributed by atoms with van der Waals surface area (Å²) in [6, 6.07) is 4.45. The number of thioether (sulfide) groups is 1. The monoisotopic (exact) mass is 474 g/mol. The van der Waals surface area contributed by atoms with Gasteiger partial charge in [-0.3, -0.25) is 20.2 Å². The molecule has 0 fully saturated rings. The molecule has 0 saturated carbocycles. The molecule has 0 spiro atoms. The van der Waals surface area contributed by atoms with E-state index in [1.54, 1.807) is 0 Å². The van der Waals surface area contributed by atoms with Crippen LogP contribution in [-0.2, 0) is 17.4 Å². The third-order valence-electron chi connectivity index (χ3n) is 3.45. The van der Waals surface area contributed by atoms with Crippen LogP contribution in [0.15, 0.2) is 28.6 Å². The van der Waals surface area contributed by atoms with Gasteiger partial charge in [0.1, 0.15) is 5.01 Å². The number of aryl methyl sites for hydroxylation is 1. The molecule has 0 saturated heterocycles. The molecule has 0 radical (unpaired) electrons. The normalized spacial score (nSPS) is 11.3. The molecule has 8 nitrogen and oxygen atoms in total. The smallest absolute Gasteiger partial charge is 0.300 e. The predicted molar refractivity (Wildman–Crippen MR) is 108 cm³/mol. The number of alkyl halides is 3. The summed E-state index contributed by atoms with van der Waals surface area (Å²) >= 11 is 3.30. The van der Waals surface area contributed by atoms with Gasteiger partial charge in [-0.2, -0.15) is 13.2 Å². The first-order valence-corrected chi connectivity index (χ1v) is 10.9. The maximum absolute atomic E-state index is 13.1. The lowest BCUT2D eigenvalue weighted by Crippen LogP contribution is -2.18. The number of nitrogens with zero attached hydrogens (tertiary/aromatic N) is 4. The van der Waals surface area contributed by atoms with Gasteiger partial charge in [0, 0.05) is 0 Å². The predicted octanol–water partition coefficient (Wildman–Crippen LogP) is 3.95. The van der Waals surface area contributed by atoms with E-state index in [0.29, 0.717) is 9.47 Å². The van der Waals surface area contributed by atoms with E-state index >= 15 is 0 Å². The molecule has 158 valence electrons. The molecular formula is C16H13F3N6O2S3. The summed E-state index contributed by atoms with van der Waals surface area (Å²) in [5.41, 5.74) is -1.56. The molecule has 2 amide bonds. The summed E-state index contributed by atoms with van der Waals surface area (Å²) in [5, 5.41) is 21.4. The quantitative estimate of drug-likeness (QED) is 0.394. The van der Waals surface area contributed by atoms with E-state index in [2.05, 4.69) is 31.0 Å². The van der Waals surface area contributed by atoms with Crippen LogP contribution in [0.3, 0.4) is 0 Å². The fourth-order valence-electron chi connectivity index (χ4n) is 2.14. The van der Waals surface area contributed by atoms with Crippen molar-refractivity contribution in [1.82, 2.24) is 20.4 Å². The lowest BCUT2D eigenvalue weighted by Gasteiger charge is -2.11. The van der Waals surface area contributed by atoms with E-state index in [4.69, 9.17) is 0 Å². The van der Waals surface area contributed by atoms with Gasteiger partial charge in [0.05, 0.1) is 16.9 Å². The van der Waals surface area contributed by atoms with Crippen molar-refractivity contribution < 1.29 is 22.8 Å². The molecule has 0 unspecified atom stereocenters. The van der Waals surface area contributed by atoms with E-state index < -0.39 is 23.2 Å². The third-order valence-corrected chi connectivity index (χ3v) is 6.40. The minimum absolute atomic E-state index is 0.0144. The Morgan fingerprint density at radius 3 is 2.43 bits per heavy atom. The van der Waals surface area contributed by atoms with Crippen LogP contribution >= 0.6 is 34.4 Å². The fourth-order valence-corrected chi connectivity index (χ4v) is 4.38. The Labute approximate surface area is 180 Å². The number of benzene rings is 1. The first-order chi connectivity index (χ1) is 14.3. The average molecular weight is 475 g/mol. The molecule has 30 heavy (non-hydrogen) atoms. The van der Waals surface area contributed by atoms with Crippen molar-refractivity contribution in [2.24, 2.45) is 0 Å². The van der Waals surface area contributed by atoms with Gasteiger partial charge in [0.25, 0.3) is 5.91 Å². The van der Waals surface area contributed by atoms with Crippen LogP contribution < -0.4 is 10.6 Å². The van der Waals surface area contributed by atoms with Crippen LogP contribution in [0, 0.1) is 0 Å². The van der Waals surface area contributed by atoms with Crippen LogP contribution in [0.4, 0.5) is 23.4 Å². The lowest BCUT2D eigenvalue weighted by atomic mass is 10.1. The largest absolute Gasteiger partial charge is 0.417 e. The second kappa shape index (κ2) is 9.49. The molecule has 1 aromatic carbocycles. The number of carbonyl (C=O) groups excluding carboxylic acids is 2. The summed E-state index contributed by atoms with van der Waals surface area (Å²) in [6.07, 6.45) is -3.94. The molecular weight excluding hydrogens is 461 g/mol. The molecule has 3 rings (SSSR count). The van der Waals surface area contributed by atoms with E-state index in [-0.39, 0.29) is 16.8 Å². The Morgan fingerprint density at radius 2 is 1.73 bits per heavy atom. The van der Waals surface area contributed by atoms with E-state index in [0.717, 1.165) is 46.7 Å². The first kappa shape index (κ1) is 22.1. The zero-order chi connectivity index (χ0) is 21.7. The summed E-state index contributed by atoms with van der Waals surface area (Å²) in [6.45, 7) is 1.93. The molecule has 0 aliphatic carbocycles. The van der Waals surface area contributed by atoms with E-state index in [1.807, 2.05) is 6.92 Å². The Hall–Kier alpha value is -2.58. The maximum atomic E-state index is 13.1. The Bertz CT molecular complexity index is 1050. The molecule has 0 aliphatic rings. The summed E-state index contributed by atoms with van der Waals surface area (Å²) in [4.78, 5) is 24.2. The van der Waals surface area contributed by atoms with Gasteiger partial charge >= 0.3 is 6.18 Å². The number of hydrogen-bond donors (Lipinski definition) is 2. The standard InChI is InChI=1S/C16H13F3N6O2S3/c1-2-11-22-23-13(29-11)20-10(26)7-28-15-25-24-14(30-15)21-12(27)8-5-3-4-6-9(8)16(17,18)19/h3-6H,2,7H2,1H3,(H,20,23,26)(H,21,24,27). The Morgan fingerprint density at radius 1 is 1.03 bits per heavy atom. The minimum Gasteiger partial charge on any atom is -0.300 e. The number of hydrogen-bond acceptors (Lipinski definition) is 9. The van der Waals surface area contributed by atoms with Crippen molar-refractivity contribution >= 4 is 56.5 Å². The molecule has 3 aromatic rings. The average Bonchev–Trinajstić information content (AvgIpc) is 3.35. The topological polar surface area (TPSA) is 110 Å².